The van der Waals surface area contributed by atoms with Crippen LogP contribution >= 0.6 is 12.4 Å². The second-order valence-electron chi connectivity index (χ2n) is 3.43. The van der Waals surface area contributed by atoms with Gasteiger partial charge in [0.15, 0.2) is 0 Å². The molecule has 0 saturated heterocycles. The van der Waals surface area contributed by atoms with Crippen molar-refractivity contribution in [3.05, 3.63) is 30.1 Å². The van der Waals surface area contributed by atoms with Crippen molar-refractivity contribution in [3.63, 3.8) is 0 Å². The number of carbonyl (C=O) groups excluding carboxylic acids is 1. The van der Waals surface area contributed by atoms with E-state index in [1.807, 2.05) is 0 Å². The van der Waals surface area contributed by atoms with Crippen molar-refractivity contribution >= 4 is 18.3 Å². The van der Waals surface area contributed by atoms with Crippen LogP contribution in [0.1, 0.15) is 0 Å². The highest BCUT2D eigenvalue weighted by molar-refractivity contribution is 5.85. The molecule has 0 aliphatic heterocycles. The van der Waals surface area contributed by atoms with Gasteiger partial charge in [-0.2, -0.15) is 0 Å². The molecule has 1 amide bonds. The van der Waals surface area contributed by atoms with Crippen LogP contribution in [0.5, 0.6) is 5.75 Å². The van der Waals surface area contributed by atoms with Gasteiger partial charge < -0.3 is 20.9 Å². The third-order valence-electron chi connectivity index (χ3n) is 1.98. The van der Waals surface area contributed by atoms with Crippen LogP contribution in [0.25, 0.3) is 0 Å². The normalized spacial score (nSPS) is 11.3. The predicted molar refractivity (Wildman–Crippen MR) is 67.2 cm³/mol. The Balaban J connectivity index is 0.00000289. The van der Waals surface area contributed by atoms with Crippen LogP contribution in [-0.4, -0.2) is 36.8 Å². The van der Waals surface area contributed by atoms with E-state index in [0.717, 1.165) is 0 Å². The molecule has 0 aliphatic carbocycles. The van der Waals surface area contributed by atoms with Crippen molar-refractivity contribution in [1.82, 2.24) is 5.32 Å². The number of rotatable bonds is 6. The molecular weight excluding hydrogens is 263 g/mol. The van der Waals surface area contributed by atoms with E-state index in [1.165, 1.54) is 24.3 Å². The van der Waals surface area contributed by atoms with Gasteiger partial charge >= 0.3 is 0 Å². The zero-order chi connectivity index (χ0) is 12.7. The second-order valence-corrected chi connectivity index (χ2v) is 3.43. The van der Waals surface area contributed by atoms with Crippen LogP contribution in [0, 0.1) is 5.82 Å². The topological polar surface area (TPSA) is 84.6 Å². The fourth-order valence-corrected chi connectivity index (χ4v) is 1.09. The number of benzene rings is 1. The molecule has 0 saturated carbocycles. The van der Waals surface area contributed by atoms with Gasteiger partial charge in [0.05, 0.1) is 6.54 Å². The number of nitrogens with one attached hydrogen (secondary N) is 1. The Labute approximate surface area is 111 Å². The van der Waals surface area contributed by atoms with E-state index in [0.29, 0.717) is 5.75 Å². The maximum Gasteiger partial charge on any atom is 0.233 e. The summed E-state index contributed by atoms with van der Waals surface area (Å²) in [6.07, 6.45) is -0.837. The molecule has 0 radical (unpaired) electrons. The molecule has 18 heavy (non-hydrogen) atoms. The Morgan fingerprint density at radius 1 is 1.44 bits per heavy atom. The number of ether oxygens (including phenoxy) is 1. The number of aliphatic hydroxyl groups is 1. The third-order valence-corrected chi connectivity index (χ3v) is 1.98. The van der Waals surface area contributed by atoms with Crippen molar-refractivity contribution < 1.29 is 19.0 Å². The summed E-state index contributed by atoms with van der Waals surface area (Å²) >= 11 is 0. The van der Waals surface area contributed by atoms with Crippen LogP contribution in [0.3, 0.4) is 0 Å². The number of hydrogen-bond acceptors (Lipinski definition) is 4. The number of halogens is 2. The lowest BCUT2D eigenvalue weighted by atomic mass is 10.3. The summed E-state index contributed by atoms with van der Waals surface area (Å²) < 4.78 is 17.8. The van der Waals surface area contributed by atoms with E-state index in [1.54, 1.807) is 0 Å². The minimum Gasteiger partial charge on any atom is -0.491 e. The Hall–Kier alpha value is -1.37. The highest BCUT2D eigenvalue weighted by atomic mass is 35.5. The zero-order valence-corrected chi connectivity index (χ0v) is 10.5. The van der Waals surface area contributed by atoms with Gasteiger partial charge in [0.1, 0.15) is 24.3 Å². The van der Waals surface area contributed by atoms with Crippen molar-refractivity contribution in [2.45, 2.75) is 6.10 Å². The lowest BCUT2D eigenvalue weighted by Crippen LogP contribution is -2.38. The lowest BCUT2D eigenvalue weighted by Gasteiger charge is -2.12. The number of amides is 1. The smallest absolute Gasteiger partial charge is 0.233 e. The molecule has 5 nitrogen and oxygen atoms in total. The van der Waals surface area contributed by atoms with Crippen LogP contribution in [0.2, 0.25) is 0 Å². The van der Waals surface area contributed by atoms with E-state index < -0.39 is 6.10 Å². The van der Waals surface area contributed by atoms with Gasteiger partial charge in [0.2, 0.25) is 5.91 Å². The summed E-state index contributed by atoms with van der Waals surface area (Å²) in [5, 5.41) is 11.9. The predicted octanol–water partition coefficient (Wildman–Crippen LogP) is 0.0621. The first-order valence-electron chi connectivity index (χ1n) is 5.15. The molecule has 0 spiro atoms. The average Bonchev–Trinajstić information content (AvgIpc) is 2.35. The molecule has 7 heteroatoms. The number of nitrogens with two attached hydrogens (primary N) is 1. The fraction of sp³-hybridized carbons (Fsp3) is 0.364. The maximum absolute atomic E-state index is 12.6. The quantitative estimate of drug-likeness (QED) is 0.687. The lowest BCUT2D eigenvalue weighted by molar-refractivity contribution is -0.120. The number of aliphatic hydroxyl groups excluding tert-OH is 1. The molecule has 0 bridgehead atoms. The van der Waals surface area contributed by atoms with Gasteiger partial charge in [0, 0.05) is 6.54 Å². The van der Waals surface area contributed by atoms with Gasteiger partial charge in [-0.3, -0.25) is 4.79 Å². The highest BCUT2D eigenvalue weighted by Crippen LogP contribution is 2.10. The Kier molecular flexibility index (Phi) is 8.02. The van der Waals surface area contributed by atoms with Crippen LogP contribution in [0.15, 0.2) is 24.3 Å². The van der Waals surface area contributed by atoms with Crippen molar-refractivity contribution in [2.24, 2.45) is 5.73 Å². The van der Waals surface area contributed by atoms with E-state index >= 15 is 0 Å². The van der Waals surface area contributed by atoms with E-state index in [-0.39, 0.29) is 43.8 Å². The third kappa shape index (κ3) is 6.39. The molecule has 4 N–H and O–H groups in total. The molecule has 0 aliphatic rings. The first-order chi connectivity index (χ1) is 8.11. The molecule has 1 unspecified atom stereocenters. The van der Waals surface area contributed by atoms with Crippen molar-refractivity contribution in [3.8, 4) is 5.75 Å². The number of hydrogen-bond donors (Lipinski definition) is 3. The molecular formula is C11H16ClFN2O3. The Morgan fingerprint density at radius 2 is 2.06 bits per heavy atom. The van der Waals surface area contributed by atoms with Gasteiger partial charge in [-0.15, -0.1) is 12.4 Å². The van der Waals surface area contributed by atoms with E-state index in [9.17, 15) is 14.3 Å². The van der Waals surface area contributed by atoms with Gasteiger partial charge in [-0.25, -0.2) is 4.39 Å². The number of carbonyl (C=O) groups is 1. The molecule has 102 valence electrons. The summed E-state index contributed by atoms with van der Waals surface area (Å²) in [5.74, 6) is -0.241. The summed E-state index contributed by atoms with van der Waals surface area (Å²) in [4.78, 5) is 10.8. The van der Waals surface area contributed by atoms with Gasteiger partial charge in [-0.1, -0.05) is 0 Å². The summed E-state index contributed by atoms with van der Waals surface area (Å²) in [6.45, 7) is -0.0424. The molecule has 0 heterocycles. The standard InChI is InChI=1S/C11H15FN2O3.ClH/c12-8-1-3-10(4-2-8)17-7-9(15)6-14-11(16)5-13;/h1-4,9,15H,5-7,13H2,(H,14,16);1H. The molecule has 0 aromatic heterocycles. The molecule has 0 fully saturated rings. The zero-order valence-electron chi connectivity index (χ0n) is 9.64. The average molecular weight is 279 g/mol. The SMILES string of the molecule is Cl.NCC(=O)NCC(O)COc1ccc(F)cc1. The molecule has 1 atom stereocenters. The van der Waals surface area contributed by atoms with Gasteiger partial charge in [-0.05, 0) is 24.3 Å². The summed E-state index contributed by atoms with van der Waals surface area (Å²) in [6, 6.07) is 5.44. The monoisotopic (exact) mass is 278 g/mol. The van der Waals surface area contributed by atoms with Gasteiger partial charge in [0.25, 0.3) is 0 Å². The fourth-order valence-electron chi connectivity index (χ4n) is 1.09. The van der Waals surface area contributed by atoms with Crippen molar-refractivity contribution in [1.29, 1.82) is 0 Å². The first kappa shape index (κ1) is 16.6. The molecule has 1 aromatic rings. The van der Waals surface area contributed by atoms with Crippen LogP contribution in [0.4, 0.5) is 4.39 Å². The van der Waals surface area contributed by atoms with Crippen LogP contribution in [-0.2, 0) is 4.79 Å². The Morgan fingerprint density at radius 3 is 2.61 bits per heavy atom. The second kappa shape index (κ2) is 8.68. The summed E-state index contributed by atoms with van der Waals surface area (Å²) in [5.41, 5.74) is 5.08. The Bertz CT molecular complexity index is 362. The largest absolute Gasteiger partial charge is 0.491 e. The van der Waals surface area contributed by atoms with E-state index in [2.05, 4.69) is 5.32 Å². The first-order valence-corrected chi connectivity index (χ1v) is 5.15. The summed E-state index contributed by atoms with van der Waals surface area (Å²) in [7, 11) is 0. The van der Waals surface area contributed by atoms with Crippen LogP contribution < -0.4 is 15.8 Å². The van der Waals surface area contributed by atoms with Crippen molar-refractivity contribution in [2.75, 3.05) is 19.7 Å². The molecule has 1 rings (SSSR count). The minimum atomic E-state index is -0.837. The molecule has 1 aromatic carbocycles. The van der Waals surface area contributed by atoms with E-state index in [4.69, 9.17) is 10.5 Å². The maximum atomic E-state index is 12.6. The minimum absolute atomic E-state index is 0. The highest BCUT2D eigenvalue weighted by Gasteiger charge is 2.06.